The molecular weight excluding hydrogens is 365 g/mol. The van der Waals surface area contributed by atoms with E-state index in [-0.39, 0.29) is 12.4 Å². The summed E-state index contributed by atoms with van der Waals surface area (Å²) in [6.07, 6.45) is 4.42. The second-order valence-corrected chi connectivity index (χ2v) is 8.42. The third kappa shape index (κ3) is 5.46. The first kappa shape index (κ1) is 20.2. The van der Waals surface area contributed by atoms with Gasteiger partial charge in [0.25, 0.3) is 0 Å². The summed E-state index contributed by atoms with van der Waals surface area (Å²) in [7, 11) is 1.76. The molecule has 27 heavy (non-hydrogen) atoms. The quantitative estimate of drug-likeness (QED) is 0.595. The molecule has 1 saturated heterocycles. The Morgan fingerprint density at radius 2 is 2.15 bits per heavy atom. The van der Waals surface area contributed by atoms with E-state index in [0.717, 1.165) is 36.8 Å². The molecule has 0 aromatic heterocycles. The number of hydrogen-bond acceptors (Lipinski definition) is 5. The Morgan fingerprint density at radius 1 is 1.37 bits per heavy atom. The second-order valence-electron chi connectivity index (χ2n) is 7.33. The zero-order valence-electron chi connectivity index (χ0n) is 15.9. The monoisotopic (exact) mass is 393 g/mol. The van der Waals surface area contributed by atoms with E-state index in [2.05, 4.69) is 21.7 Å². The van der Waals surface area contributed by atoms with E-state index in [4.69, 9.17) is 0 Å². The average Bonchev–Trinajstić information content (AvgIpc) is 3.45. The van der Waals surface area contributed by atoms with Crippen LogP contribution in [-0.2, 0) is 0 Å². The van der Waals surface area contributed by atoms with Gasteiger partial charge in [0.1, 0.15) is 11.6 Å². The lowest BCUT2D eigenvalue weighted by Crippen LogP contribution is -2.53. The van der Waals surface area contributed by atoms with Crippen molar-refractivity contribution < 1.29 is 14.6 Å². The van der Waals surface area contributed by atoms with Gasteiger partial charge in [-0.1, -0.05) is 11.8 Å². The van der Waals surface area contributed by atoms with Gasteiger partial charge in [0.05, 0.1) is 6.61 Å². The first-order chi connectivity index (χ1) is 13.0. The molecule has 1 aromatic carbocycles. The number of phenolic OH excluding ortho intramolecular Hbond substituents is 1. The number of nitrogens with zero attached hydrogens (tertiary/aromatic N) is 3. The van der Waals surface area contributed by atoms with Crippen molar-refractivity contribution in [1.82, 2.24) is 9.80 Å². The van der Waals surface area contributed by atoms with E-state index >= 15 is 0 Å². The molecule has 2 aliphatic rings. The average molecular weight is 394 g/mol. The highest BCUT2D eigenvalue weighted by Gasteiger charge is 2.30. The van der Waals surface area contributed by atoms with Gasteiger partial charge in [-0.05, 0) is 43.9 Å². The van der Waals surface area contributed by atoms with Crippen LogP contribution in [0.15, 0.2) is 28.1 Å². The van der Waals surface area contributed by atoms with Gasteiger partial charge >= 0.3 is 0 Å². The summed E-state index contributed by atoms with van der Waals surface area (Å²) >= 11 is 1.40. The number of amidine groups is 1. The molecule has 2 fully saturated rings. The molecule has 2 N–H and O–H groups in total. The highest BCUT2D eigenvalue weighted by Crippen LogP contribution is 2.31. The normalized spacial score (nSPS) is 22.4. The maximum Gasteiger partial charge on any atom is 0.163 e. The fourth-order valence-electron chi connectivity index (χ4n) is 3.42. The lowest BCUT2D eigenvalue weighted by molar-refractivity contribution is 0.134. The Hall–Kier alpha value is -1.57. The van der Waals surface area contributed by atoms with Gasteiger partial charge in [-0.25, -0.2) is 4.39 Å². The fourth-order valence-corrected chi connectivity index (χ4v) is 4.38. The molecule has 1 atom stereocenters. The minimum atomic E-state index is -0.489. The molecule has 3 rings (SSSR count). The van der Waals surface area contributed by atoms with Crippen LogP contribution in [-0.4, -0.2) is 71.1 Å². The number of benzene rings is 1. The summed E-state index contributed by atoms with van der Waals surface area (Å²) in [5.74, 6) is 0.264. The van der Waals surface area contributed by atoms with Crippen LogP contribution in [0, 0.1) is 11.7 Å². The first-order valence-corrected chi connectivity index (χ1v) is 10.3. The minimum Gasteiger partial charge on any atom is -0.507 e. The van der Waals surface area contributed by atoms with Crippen LogP contribution in [0.5, 0.6) is 5.75 Å². The van der Waals surface area contributed by atoms with E-state index in [1.165, 1.54) is 43.3 Å². The van der Waals surface area contributed by atoms with Crippen LogP contribution in [0.25, 0.3) is 6.08 Å². The Balaban J connectivity index is 1.66. The molecule has 148 valence electrons. The van der Waals surface area contributed by atoms with Crippen molar-refractivity contribution in [2.45, 2.75) is 25.8 Å². The molecule has 1 aromatic rings. The van der Waals surface area contributed by atoms with Crippen LogP contribution >= 0.6 is 11.8 Å². The fraction of sp³-hybridized carbons (Fsp3) is 0.550. The predicted molar refractivity (Wildman–Crippen MR) is 109 cm³/mol. The van der Waals surface area contributed by atoms with E-state index in [1.54, 1.807) is 13.1 Å². The number of aliphatic imine (C=N–C) groups is 1. The largest absolute Gasteiger partial charge is 0.507 e. The zero-order valence-corrected chi connectivity index (χ0v) is 16.8. The van der Waals surface area contributed by atoms with Crippen LogP contribution in [0.1, 0.15) is 25.3 Å². The molecule has 1 heterocycles. The van der Waals surface area contributed by atoms with E-state index in [0.29, 0.717) is 16.5 Å². The Kier molecular flexibility index (Phi) is 6.78. The highest BCUT2D eigenvalue weighted by atomic mass is 32.2. The summed E-state index contributed by atoms with van der Waals surface area (Å²) in [6.45, 7) is 6.20. The number of halogens is 1. The first-order valence-electron chi connectivity index (χ1n) is 9.43. The molecule has 0 radical (unpaired) electrons. The van der Waals surface area contributed by atoms with Crippen LogP contribution in [0.4, 0.5) is 4.39 Å². The van der Waals surface area contributed by atoms with Crippen molar-refractivity contribution in [1.29, 1.82) is 0 Å². The molecule has 1 saturated carbocycles. The van der Waals surface area contributed by atoms with Gasteiger partial charge in [0.15, 0.2) is 5.17 Å². The lowest BCUT2D eigenvalue weighted by atomic mass is 10.2. The molecular formula is C20H28FN3O2S. The van der Waals surface area contributed by atoms with Crippen molar-refractivity contribution in [3.05, 3.63) is 34.5 Å². The number of piperazine rings is 1. The maximum atomic E-state index is 13.2. The number of aliphatic hydroxyl groups is 1. The van der Waals surface area contributed by atoms with Gasteiger partial charge in [-0.2, -0.15) is 0 Å². The number of phenols is 1. The van der Waals surface area contributed by atoms with Crippen molar-refractivity contribution in [3.8, 4) is 5.75 Å². The third-order valence-electron chi connectivity index (χ3n) is 5.05. The van der Waals surface area contributed by atoms with E-state index < -0.39 is 5.82 Å². The molecule has 0 spiro atoms. The maximum absolute atomic E-state index is 13.2. The summed E-state index contributed by atoms with van der Waals surface area (Å²) in [5, 5.41) is 20.5. The summed E-state index contributed by atoms with van der Waals surface area (Å²) in [4.78, 5) is 9.91. The number of aromatic hydroxyl groups is 1. The van der Waals surface area contributed by atoms with Gasteiger partial charge in [-0.3, -0.25) is 9.89 Å². The lowest BCUT2D eigenvalue weighted by Gasteiger charge is -2.41. The highest BCUT2D eigenvalue weighted by molar-refractivity contribution is 8.17. The predicted octanol–water partition coefficient (Wildman–Crippen LogP) is 3.00. The topological polar surface area (TPSA) is 59.3 Å². The van der Waals surface area contributed by atoms with Crippen molar-refractivity contribution in [3.63, 3.8) is 0 Å². The number of thioether (sulfide) groups is 1. The molecule has 5 nitrogen and oxygen atoms in total. The summed E-state index contributed by atoms with van der Waals surface area (Å²) in [5.41, 5.74) is 0.478. The SMILES string of the molecule is CN=C(S/C(=C\c1ccc(F)cc1O)CO)N1CCN(CC2CC2)C[C@@H]1C. The second kappa shape index (κ2) is 9.08. The van der Waals surface area contributed by atoms with Crippen molar-refractivity contribution in [2.75, 3.05) is 39.8 Å². The number of aliphatic hydroxyl groups excluding tert-OH is 1. The van der Waals surface area contributed by atoms with E-state index in [9.17, 15) is 14.6 Å². The minimum absolute atomic E-state index is 0.140. The van der Waals surface area contributed by atoms with Crippen LogP contribution in [0.3, 0.4) is 0 Å². The van der Waals surface area contributed by atoms with E-state index in [1.807, 2.05) is 0 Å². The van der Waals surface area contributed by atoms with Crippen LogP contribution in [0.2, 0.25) is 0 Å². The molecule has 0 unspecified atom stereocenters. The summed E-state index contributed by atoms with van der Waals surface area (Å²) < 4.78 is 13.2. The van der Waals surface area contributed by atoms with Crippen LogP contribution < -0.4 is 0 Å². The van der Waals surface area contributed by atoms with Crippen molar-refractivity contribution >= 4 is 23.0 Å². The Morgan fingerprint density at radius 3 is 2.74 bits per heavy atom. The number of rotatable bonds is 5. The Bertz CT molecular complexity index is 721. The van der Waals surface area contributed by atoms with Gasteiger partial charge < -0.3 is 15.1 Å². The van der Waals surface area contributed by atoms with Gasteiger partial charge in [-0.15, -0.1) is 0 Å². The van der Waals surface area contributed by atoms with Gasteiger partial charge in [0, 0.05) is 55.8 Å². The number of hydrogen-bond donors (Lipinski definition) is 2. The molecule has 1 aliphatic carbocycles. The Labute approximate surface area is 164 Å². The summed E-state index contributed by atoms with van der Waals surface area (Å²) in [6, 6.07) is 4.22. The molecule has 0 amide bonds. The van der Waals surface area contributed by atoms with Gasteiger partial charge in [0.2, 0.25) is 0 Å². The molecule has 1 aliphatic heterocycles. The third-order valence-corrected chi connectivity index (χ3v) is 6.16. The molecule has 0 bridgehead atoms. The smallest absolute Gasteiger partial charge is 0.163 e. The van der Waals surface area contributed by atoms with Crippen molar-refractivity contribution in [2.24, 2.45) is 10.9 Å². The standard InChI is InChI=1S/C20H28FN3O2S/c1-14-11-23(12-15-3-4-15)7-8-24(14)20(22-2)27-18(13-25)9-16-5-6-17(21)10-19(16)26/h5-6,9-10,14-15,25-26H,3-4,7-8,11-13H2,1-2H3/b18-9-,22-20?/t14-/m0/s1. The zero-order chi connectivity index (χ0) is 19.4. The molecule has 7 heteroatoms.